The SMILES string of the molecule is CC(Sc1ncnc2nc[nH]c12)C(=O)NN. The molecule has 2 heterocycles. The second-order valence-corrected chi connectivity index (χ2v) is 4.38. The molecule has 0 aliphatic heterocycles. The number of rotatable bonds is 3. The lowest BCUT2D eigenvalue weighted by Gasteiger charge is -2.08. The van der Waals surface area contributed by atoms with Crippen LogP contribution in [0.4, 0.5) is 0 Å². The third kappa shape index (κ3) is 1.97. The van der Waals surface area contributed by atoms with E-state index in [1.807, 2.05) is 0 Å². The number of thioether (sulfide) groups is 1. The summed E-state index contributed by atoms with van der Waals surface area (Å²) >= 11 is 1.30. The van der Waals surface area contributed by atoms with E-state index in [0.29, 0.717) is 10.7 Å². The molecule has 0 fully saturated rings. The van der Waals surface area contributed by atoms with Crippen molar-refractivity contribution >= 4 is 28.8 Å². The standard InChI is InChI=1S/C8H10N6OS/c1-4(7(15)14-9)16-8-5-6(11-2-10-5)12-3-13-8/h2-4H,9H2,1H3,(H,14,15)(H,10,11,12,13). The molecule has 7 nitrogen and oxygen atoms in total. The van der Waals surface area contributed by atoms with Gasteiger partial charge in [-0.25, -0.2) is 20.8 Å². The first-order valence-electron chi connectivity index (χ1n) is 4.53. The first kappa shape index (κ1) is 10.8. The Labute approximate surface area is 95.2 Å². The van der Waals surface area contributed by atoms with Crippen LogP contribution in [0, 0.1) is 0 Å². The molecular weight excluding hydrogens is 228 g/mol. The van der Waals surface area contributed by atoms with Gasteiger partial charge >= 0.3 is 0 Å². The smallest absolute Gasteiger partial charge is 0.247 e. The summed E-state index contributed by atoms with van der Waals surface area (Å²) in [5, 5.41) is 0.352. The summed E-state index contributed by atoms with van der Waals surface area (Å²) in [7, 11) is 0. The van der Waals surface area contributed by atoms with Crippen molar-refractivity contribution in [2.75, 3.05) is 0 Å². The molecule has 0 aliphatic rings. The van der Waals surface area contributed by atoms with Crippen molar-refractivity contribution in [2.24, 2.45) is 5.84 Å². The number of carbonyl (C=O) groups excluding carboxylic acids is 1. The van der Waals surface area contributed by atoms with E-state index in [2.05, 4.69) is 25.4 Å². The molecule has 0 saturated carbocycles. The van der Waals surface area contributed by atoms with Crippen LogP contribution >= 0.6 is 11.8 Å². The third-order valence-electron chi connectivity index (χ3n) is 1.99. The second-order valence-electron chi connectivity index (χ2n) is 3.05. The summed E-state index contributed by atoms with van der Waals surface area (Å²) in [5.41, 5.74) is 3.41. The fourth-order valence-electron chi connectivity index (χ4n) is 1.17. The summed E-state index contributed by atoms with van der Waals surface area (Å²) in [6.07, 6.45) is 2.95. The summed E-state index contributed by atoms with van der Waals surface area (Å²) in [6.45, 7) is 1.75. The minimum absolute atomic E-state index is 0.253. The molecule has 1 unspecified atom stereocenters. The van der Waals surface area contributed by atoms with E-state index in [9.17, 15) is 4.79 Å². The Hall–Kier alpha value is -1.67. The van der Waals surface area contributed by atoms with Crippen LogP contribution in [0.3, 0.4) is 0 Å². The highest BCUT2D eigenvalue weighted by Crippen LogP contribution is 2.25. The van der Waals surface area contributed by atoms with Crippen molar-refractivity contribution in [3.05, 3.63) is 12.7 Å². The second kappa shape index (κ2) is 4.45. The van der Waals surface area contributed by atoms with Crippen LogP contribution in [0.5, 0.6) is 0 Å². The van der Waals surface area contributed by atoms with Crippen molar-refractivity contribution in [3.8, 4) is 0 Å². The monoisotopic (exact) mass is 238 g/mol. The number of nitrogens with one attached hydrogen (secondary N) is 2. The maximum Gasteiger partial charge on any atom is 0.247 e. The van der Waals surface area contributed by atoms with Gasteiger partial charge in [-0.1, -0.05) is 11.8 Å². The summed E-state index contributed by atoms with van der Waals surface area (Å²) in [4.78, 5) is 26.3. The normalized spacial score (nSPS) is 12.6. The summed E-state index contributed by atoms with van der Waals surface area (Å²) < 4.78 is 0. The van der Waals surface area contributed by atoms with Gasteiger partial charge in [0.15, 0.2) is 5.65 Å². The number of hydrogen-bond donors (Lipinski definition) is 3. The molecule has 2 aromatic rings. The topological polar surface area (TPSA) is 110 Å². The molecule has 1 amide bonds. The molecule has 16 heavy (non-hydrogen) atoms. The molecule has 84 valence electrons. The lowest BCUT2D eigenvalue weighted by molar-refractivity contribution is -0.120. The molecule has 4 N–H and O–H groups in total. The van der Waals surface area contributed by atoms with Gasteiger partial charge in [-0.05, 0) is 6.92 Å². The zero-order chi connectivity index (χ0) is 11.5. The average Bonchev–Trinajstić information content (AvgIpc) is 2.77. The molecule has 0 spiro atoms. The van der Waals surface area contributed by atoms with E-state index in [1.165, 1.54) is 24.4 Å². The van der Waals surface area contributed by atoms with Gasteiger partial charge in [-0.2, -0.15) is 0 Å². The first-order chi connectivity index (χ1) is 7.72. The van der Waals surface area contributed by atoms with Gasteiger partial charge in [-0.15, -0.1) is 0 Å². The van der Waals surface area contributed by atoms with Crippen molar-refractivity contribution < 1.29 is 4.79 Å². The number of hydrogen-bond acceptors (Lipinski definition) is 6. The number of nitrogens with two attached hydrogens (primary N) is 1. The van der Waals surface area contributed by atoms with Crippen LogP contribution in [0.1, 0.15) is 6.92 Å². The lowest BCUT2D eigenvalue weighted by Crippen LogP contribution is -2.36. The van der Waals surface area contributed by atoms with Crippen molar-refractivity contribution in [1.82, 2.24) is 25.4 Å². The Kier molecular flexibility index (Phi) is 3.02. The summed E-state index contributed by atoms with van der Waals surface area (Å²) in [6, 6.07) is 0. The molecule has 0 aliphatic carbocycles. The Morgan fingerprint density at radius 3 is 3.12 bits per heavy atom. The van der Waals surface area contributed by atoms with Crippen molar-refractivity contribution in [3.63, 3.8) is 0 Å². The highest BCUT2D eigenvalue weighted by atomic mass is 32.2. The van der Waals surface area contributed by atoms with E-state index in [1.54, 1.807) is 6.92 Å². The largest absolute Gasteiger partial charge is 0.341 e. The van der Waals surface area contributed by atoms with Gasteiger partial charge in [-0.3, -0.25) is 10.2 Å². The number of aromatic nitrogens is 4. The van der Waals surface area contributed by atoms with Gasteiger partial charge in [0.2, 0.25) is 5.91 Å². The highest BCUT2D eigenvalue weighted by Gasteiger charge is 2.16. The number of H-pyrrole nitrogens is 1. The van der Waals surface area contributed by atoms with Crippen LogP contribution in [-0.4, -0.2) is 31.1 Å². The van der Waals surface area contributed by atoms with Crippen LogP contribution in [0.15, 0.2) is 17.7 Å². The molecule has 0 saturated heterocycles. The predicted molar refractivity (Wildman–Crippen MR) is 59.3 cm³/mol. The van der Waals surface area contributed by atoms with E-state index in [-0.39, 0.29) is 11.2 Å². The quantitative estimate of drug-likeness (QED) is 0.225. The van der Waals surface area contributed by atoms with Crippen molar-refractivity contribution in [2.45, 2.75) is 17.2 Å². The minimum atomic E-state index is -0.327. The minimum Gasteiger partial charge on any atom is -0.341 e. The van der Waals surface area contributed by atoms with Gasteiger partial charge in [0.05, 0.1) is 11.6 Å². The van der Waals surface area contributed by atoms with Gasteiger partial charge in [0.25, 0.3) is 0 Å². The Balaban J connectivity index is 2.27. The van der Waals surface area contributed by atoms with E-state index < -0.39 is 0 Å². The molecule has 2 aromatic heterocycles. The number of hydrazine groups is 1. The molecule has 1 atom stereocenters. The Bertz CT molecular complexity index is 512. The number of amides is 1. The van der Waals surface area contributed by atoms with Crippen LogP contribution in [0.2, 0.25) is 0 Å². The predicted octanol–water partition coefficient (Wildman–Crippen LogP) is -0.177. The summed E-state index contributed by atoms with van der Waals surface area (Å²) in [5.74, 6) is 4.80. The zero-order valence-electron chi connectivity index (χ0n) is 8.47. The van der Waals surface area contributed by atoms with E-state index >= 15 is 0 Å². The molecule has 8 heteroatoms. The molecule has 0 radical (unpaired) electrons. The fourth-order valence-corrected chi connectivity index (χ4v) is 2.06. The van der Waals surface area contributed by atoms with Gasteiger partial charge in [0.1, 0.15) is 16.9 Å². The number of fused-ring (bicyclic) bond motifs is 1. The Morgan fingerprint density at radius 2 is 2.38 bits per heavy atom. The maximum atomic E-state index is 11.3. The number of nitrogens with zero attached hydrogens (tertiary/aromatic N) is 3. The van der Waals surface area contributed by atoms with Gasteiger partial charge < -0.3 is 4.98 Å². The molecule has 2 rings (SSSR count). The van der Waals surface area contributed by atoms with E-state index in [4.69, 9.17) is 5.84 Å². The Morgan fingerprint density at radius 1 is 1.56 bits per heavy atom. The number of imidazole rings is 1. The first-order valence-corrected chi connectivity index (χ1v) is 5.41. The third-order valence-corrected chi connectivity index (χ3v) is 3.09. The molecular formula is C8H10N6OS. The number of aromatic amines is 1. The lowest BCUT2D eigenvalue weighted by atomic mass is 10.5. The van der Waals surface area contributed by atoms with Crippen molar-refractivity contribution in [1.29, 1.82) is 0 Å². The zero-order valence-corrected chi connectivity index (χ0v) is 9.28. The number of carbonyl (C=O) groups is 1. The van der Waals surface area contributed by atoms with Crippen LogP contribution in [0.25, 0.3) is 11.2 Å². The van der Waals surface area contributed by atoms with Gasteiger partial charge in [0, 0.05) is 0 Å². The molecule has 0 aromatic carbocycles. The fraction of sp³-hybridized carbons (Fsp3) is 0.250. The highest BCUT2D eigenvalue weighted by molar-refractivity contribution is 8.00. The van der Waals surface area contributed by atoms with Crippen LogP contribution in [-0.2, 0) is 4.79 Å². The average molecular weight is 238 g/mol. The molecule has 0 bridgehead atoms. The van der Waals surface area contributed by atoms with E-state index in [0.717, 1.165) is 5.52 Å². The maximum absolute atomic E-state index is 11.3. The van der Waals surface area contributed by atoms with Crippen LogP contribution < -0.4 is 11.3 Å².